The molecule has 1 unspecified atom stereocenters. The topological polar surface area (TPSA) is 130 Å². The number of carbonyl (C=O) groups is 2. The number of hydrogen-bond donors (Lipinski definition) is 4. The minimum absolute atomic E-state index is 0. The summed E-state index contributed by atoms with van der Waals surface area (Å²) in [5.41, 5.74) is 0.262. The zero-order chi connectivity index (χ0) is 27.3. The number of aliphatic carboxylic acids is 1. The van der Waals surface area contributed by atoms with E-state index in [0.717, 1.165) is 4.57 Å². The van der Waals surface area contributed by atoms with E-state index in [4.69, 9.17) is 4.74 Å². The molecule has 4 N–H and O–H groups in total. The molecular formula is C25H25F3N3NaO6. The van der Waals surface area contributed by atoms with Crippen molar-refractivity contribution in [2.75, 3.05) is 11.9 Å². The molecule has 1 heterocycles. The maximum atomic E-state index is 12.8. The number of ether oxygens (including phenoxy) is 1. The number of nitrogens with one attached hydrogen (secondary N) is 2. The maximum absolute atomic E-state index is 12.8. The van der Waals surface area contributed by atoms with Gasteiger partial charge in [0.1, 0.15) is 11.5 Å². The third-order valence-electron chi connectivity index (χ3n) is 5.34. The Balaban J connectivity index is 0.00000507. The fraction of sp³-hybridized carbons (Fsp3) is 0.240. The van der Waals surface area contributed by atoms with Crippen LogP contribution in [0.25, 0.3) is 11.1 Å². The van der Waals surface area contributed by atoms with Crippen LogP contribution in [0.2, 0.25) is 0 Å². The average molecular weight is 543 g/mol. The zero-order valence-corrected chi connectivity index (χ0v) is 19.8. The van der Waals surface area contributed by atoms with Crippen molar-refractivity contribution < 1.29 is 37.7 Å². The summed E-state index contributed by atoms with van der Waals surface area (Å²) in [6.07, 6.45) is -3.78. The second-order valence-electron chi connectivity index (χ2n) is 8.23. The van der Waals surface area contributed by atoms with E-state index in [0.29, 0.717) is 11.1 Å². The van der Waals surface area contributed by atoms with Crippen LogP contribution in [0.1, 0.15) is 23.6 Å². The summed E-state index contributed by atoms with van der Waals surface area (Å²) in [5, 5.41) is 24.3. The SMILES string of the molecule is Cc1cn(C)c(=O)c(NC(=O)NC(CC(=O)O)c2ccc(OCC(F)(F)F)c(-c3ccccc3)c2)c1O.[NaH]. The van der Waals surface area contributed by atoms with Crippen LogP contribution in [0.4, 0.5) is 23.7 Å². The number of pyridine rings is 1. The number of hydrogen-bond acceptors (Lipinski definition) is 5. The van der Waals surface area contributed by atoms with E-state index >= 15 is 0 Å². The van der Waals surface area contributed by atoms with Gasteiger partial charge in [0.15, 0.2) is 12.3 Å². The Hall–Kier alpha value is -3.48. The summed E-state index contributed by atoms with van der Waals surface area (Å²) in [6.45, 7) is -0.00105. The third kappa shape index (κ3) is 8.01. The van der Waals surface area contributed by atoms with E-state index in [-0.39, 0.29) is 46.4 Å². The first kappa shape index (κ1) is 30.7. The van der Waals surface area contributed by atoms with Gasteiger partial charge in [0.2, 0.25) is 0 Å². The number of carboxylic acids is 1. The number of nitrogens with zero attached hydrogens (tertiary/aromatic N) is 1. The Labute approximate surface area is 237 Å². The first-order valence-corrected chi connectivity index (χ1v) is 10.9. The number of aromatic hydroxyl groups is 1. The van der Waals surface area contributed by atoms with Gasteiger partial charge >= 0.3 is 47.7 Å². The van der Waals surface area contributed by atoms with Crippen molar-refractivity contribution in [3.63, 3.8) is 0 Å². The number of alkyl halides is 3. The summed E-state index contributed by atoms with van der Waals surface area (Å²) >= 11 is 0. The molecule has 3 rings (SSSR count). The molecule has 13 heteroatoms. The summed E-state index contributed by atoms with van der Waals surface area (Å²) in [4.78, 5) is 36.6. The Kier molecular flexibility index (Phi) is 10.4. The molecule has 0 radical (unpaired) electrons. The van der Waals surface area contributed by atoms with Gasteiger partial charge in [-0.15, -0.1) is 0 Å². The Morgan fingerprint density at radius 2 is 1.79 bits per heavy atom. The summed E-state index contributed by atoms with van der Waals surface area (Å²) in [7, 11) is 1.43. The number of rotatable bonds is 8. The first-order chi connectivity index (χ1) is 17.4. The third-order valence-corrected chi connectivity index (χ3v) is 5.34. The molecule has 38 heavy (non-hydrogen) atoms. The second-order valence-corrected chi connectivity index (χ2v) is 8.23. The van der Waals surface area contributed by atoms with E-state index in [1.54, 1.807) is 30.3 Å². The number of aromatic nitrogens is 1. The van der Waals surface area contributed by atoms with Gasteiger partial charge in [-0.05, 0) is 30.2 Å². The number of carbonyl (C=O) groups excluding carboxylic acids is 1. The van der Waals surface area contributed by atoms with Crippen LogP contribution in [0.15, 0.2) is 59.5 Å². The molecule has 0 aliphatic rings. The van der Waals surface area contributed by atoms with Crippen LogP contribution in [0.5, 0.6) is 11.5 Å². The number of benzene rings is 2. The Bertz CT molecular complexity index is 1360. The number of aryl methyl sites for hydroxylation is 2. The van der Waals surface area contributed by atoms with E-state index in [1.165, 1.54) is 38.4 Å². The number of amides is 2. The van der Waals surface area contributed by atoms with Gasteiger partial charge in [-0.1, -0.05) is 36.4 Å². The van der Waals surface area contributed by atoms with Gasteiger partial charge in [0.05, 0.1) is 12.5 Å². The molecule has 0 aliphatic carbocycles. The van der Waals surface area contributed by atoms with Crippen molar-refractivity contribution in [1.82, 2.24) is 9.88 Å². The summed E-state index contributed by atoms with van der Waals surface area (Å²) in [6, 6.07) is 10.3. The minimum atomic E-state index is -4.57. The average Bonchev–Trinajstić information content (AvgIpc) is 2.83. The van der Waals surface area contributed by atoms with E-state index < -0.39 is 54.2 Å². The van der Waals surface area contributed by atoms with Gasteiger partial charge < -0.3 is 30.2 Å². The molecule has 1 atom stereocenters. The number of carboxylic acid groups (broad SMARTS) is 1. The molecule has 0 saturated heterocycles. The summed E-state index contributed by atoms with van der Waals surface area (Å²) < 4.78 is 44.4. The van der Waals surface area contributed by atoms with Crippen molar-refractivity contribution >= 4 is 47.2 Å². The molecule has 2 aromatic carbocycles. The van der Waals surface area contributed by atoms with Crippen molar-refractivity contribution in [3.8, 4) is 22.6 Å². The van der Waals surface area contributed by atoms with Crippen LogP contribution in [0, 0.1) is 6.92 Å². The van der Waals surface area contributed by atoms with Gasteiger partial charge in [-0.2, -0.15) is 13.2 Å². The number of halogens is 3. The molecule has 3 aromatic rings. The normalized spacial score (nSPS) is 11.7. The molecule has 2 amide bonds. The van der Waals surface area contributed by atoms with Gasteiger partial charge in [-0.25, -0.2) is 4.79 Å². The molecule has 0 spiro atoms. The zero-order valence-electron chi connectivity index (χ0n) is 19.8. The fourth-order valence-electron chi connectivity index (χ4n) is 3.63. The number of urea groups is 1. The monoisotopic (exact) mass is 543 g/mol. The van der Waals surface area contributed by atoms with Crippen LogP contribution in [0.3, 0.4) is 0 Å². The summed E-state index contributed by atoms with van der Waals surface area (Å²) in [5.74, 6) is -1.79. The quantitative estimate of drug-likeness (QED) is 0.321. The van der Waals surface area contributed by atoms with Crippen LogP contribution >= 0.6 is 0 Å². The van der Waals surface area contributed by atoms with Crippen LogP contribution in [-0.2, 0) is 11.8 Å². The van der Waals surface area contributed by atoms with Gasteiger partial charge in [0, 0.05) is 24.4 Å². The standard InChI is InChI=1S/C25H24F3N3O6.Na.H/c1-14-12-31(2)23(35)21(22(14)34)30-24(36)29-18(11-20(32)33)16-8-9-19(37-13-25(26,27)28)17(10-16)15-6-4-3-5-7-15;;/h3-10,12,18,34H,11,13H2,1-2H3,(H,32,33)(H2,29,30,36);;. The van der Waals surface area contributed by atoms with E-state index in [9.17, 15) is 37.8 Å². The Morgan fingerprint density at radius 1 is 1.13 bits per heavy atom. The van der Waals surface area contributed by atoms with Crippen LogP contribution in [-0.4, -0.2) is 69.1 Å². The van der Waals surface area contributed by atoms with E-state index in [2.05, 4.69) is 10.6 Å². The van der Waals surface area contributed by atoms with E-state index in [1.807, 2.05) is 0 Å². The molecule has 1 aromatic heterocycles. The van der Waals surface area contributed by atoms with Crippen molar-refractivity contribution in [3.05, 3.63) is 76.2 Å². The predicted molar refractivity (Wildman–Crippen MR) is 136 cm³/mol. The predicted octanol–water partition coefficient (Wildman–Crippen LogP) is 3.70. The molecule has 198 valence electrons. The second kappa shape index (κ2) is 12.9. The molecule has 9 nitrogen and oxygen atoms in total. The van der Waals surface area contributed by atoms with Gasteiger partial charge in [-0.3, -0.25) is 9.59 Å². The van der Waals surface area contributed by atoms with Crippen molar-refractivity contribution in [2.24, 2.45) is 7.05 Å². The molecule has 0 aliphatic heterocycles. The molecule has 0 fully saturated rings. The number of anilines is 1. The molecule has 0 bridgehead atoms. The van der Waals surface area contributed by atoms with Crippen molar-refractivity contribution in [1.29, 1.82) is 0 Å². The van der Waals surface area contributed by atoms with Gasteiger partial charge in [0.25, 0.3) is 5.56 Å². The molecule has 0 saturated carbocycles. The fourth-order valence-corrected chi connectivity index (χ4v) is 3.63. The first-order valence-electron chi connectivity index (χ1n) is 10.9. The Morgan fingerprint density at radius 3 is 2.39 bits per heavy atom. The van der Waals surface area contributed by atoms with Crippen molar-refractivity contribution in [2.45, 2.75) is 25.6 Å². The van der Waals surface area contributed by atoms with Crippen LogP contribution < -0.4 is 20.9 Å². The molecular weight excluding hydrogens is 518 g/mol.